The highest BCUT2D eigenvalue weighted by molar-refractivity contribution is 5.96. The third-order valence-corrected chi connectivity index (χ3v) is 7.09. The second-order valence-corrected chi connectivity index (χ2v) is 10.5. The molecule has 0 aliphatic rings. The SMILES string of the molecule is CCN(C(=O)O)C(CCC=CC(=O)N(C)C)C(=O)Nc1cccn(Cc2nc3c(OCc4ccc(F)cc4F)cccc3[nH]2)c1=O. The second-order valence-electron chi connectivity index (χ2n) is 10.5. The molecule has 0 saturated heterocycles. The molecule has 3 amide bonds. The van der Waals surface area contributed by atoms with Gasteiger partial charge in [-0.25, -0.2) is 18.6 Å². The summed E-state index contributed by atoms with van der Waals surface area (Å²) in [5.41, 5.74) is 0.604. The molecule has 1 atom stereocenters. The van der Waals surface area contributed by atoms with Crippen LogP contribution < -0.4 is 15.6 Å². The van der Waals surface area contributed by atoms with Crippen molar-refractivity contribution in [3.63, 3.8) is 0 Å². The number of anilines is 1. The topological polar surface area (TPSA) is 150 Å². The standard InChI is InChI=1S/C32H34F2N6O6/c1-4-40(32(44)45)25(11-5-6-13-28(41)38(2)3)30(42)36-24-10-8-16-39(31(24)43)18-27-35-23-9-7-12-26(29(23)37-27)46-19-20-14-15-21(33)17-22(20)34/h6-10,12-17,25H,4-5,11,18-19H2,1-3H3,(H,35,37)(H,36,42)(H,44,45). The van der Waals surface area contributed by atoms with Gasteiger partial charge in [0.1, 0.15) is 47.1 Å². The Morgan fingerprint density at radius 3 is 2.63 bits per heavy atom. The molecule has 0 radical (unpaired) electrons. The van der Waals surface area contributed by atoms with Crippen LogP contribution in [0.15, 0.2) is 71.7 Å². The number of H-pyrrole nitrogens is 1. The van der Waals surface area contributed by atoms with Crippen molar-refractivity contribution in [1.29, 1.82) is 0 Å². The number of nitrogens with zero attached hydrogens (tertiary/aromatic N) is 4. The fourth-order valence-electron chi connectivity index (χ4n) is 4.68. The summed E-state index contributed by atoms with van der Waals surface area (Å²) in [7, 11) is 3.19. The van der Waals surface area contributed by atoms with Crippen molar-refractivity contribution >= 4 is 34.6 Å². The quantitative estimate of drug-likeness (QED) is 0.185. The van der Waals surface area contributed by atoms with Crippen LogP contribution in [0.5, 0.6) is 5.75 Å². The lowest BCUT2D eigenvalue weighted by Crippen LogP contribution is -2.47. The Kier molecular flexibility index (Phi) is 10.9. The number of carbonyl (C=O) groups is 3. The van der Waals surface area contributed by atoms with E-state index in [9.17, 15) is 33.1 Å². The number of aromatic amines is 1. The van der Waals surface area contributed by atoms with Crippen molar-refractivity contribution in [2.45, 2.75) is 39.0 Å². The van der Waals surface area contributed by atoms with E-state index in [0.717, 1.165) is 17.0 Å². The van der Waals surface area contributed by atoms with Crippen molar-refractivity contribution in [1.82, 2.24) is 24.3 Å². The van der Waals surface area contributed by atoms with Crippen molar-refractivity contribution in [3.05, 3.63) is 100 Å². The number of nitrogens with one attached hydrogen (secondary N) is 2. The number of ether oxygens (including phenoxy) is 1. The second kappa shape index (κ2) is 15.0. The van der Waals surface area contributed by atoms with Crippen LogP contribution in [0.3, 0.4) is 0 Å². The molecule has 0 saturated carbocycles. The van der Waals surface area contributed by atoms with Crippen LogP contribution in [0, 0.1) is 11.6 Å². The monoisotopic (exact) mass is 636 g/mol. The van der Waals surface area contributed by atoms with Gasteiger partial charge in [-0.15, -0.1) is 0 Å². The average Bonchev–Trinajstić information content (AvgIpc) is 3.43. The largest absolute Gasteiger partial charge is 0.486 e. The molecular formula is C32H34F2N6O6. The first-order valence-electron chi connectivity index (χ1n) is 14.4. The number of rotatable bonds is 13. The van der Waals surface area contributed by atoms with E-state index in [1.807, 2.05) is 0 Å². The molecule has 3 N–H and O–H groups in total. The zero-order chi connectivity index (χ0) is 33.4. The zero-order valence-electron chi connectivity index (χ0n) is 25.5. The van der Waals surface area contributed by atoms with Crippen LogP contribution in [-0.2, 0) is 22.7 Å². The van der Waals surface area contributed by atoms with E-state index < -0.39 is 35.2 Å². The van der Waals surface area contributed by atoms with Crippen molar-refractivity contribution in [2.75, 3.05) is 26.0 Å². The number of benzene rings is 2. The summed E-state index contributed by atoms with van der Waals surface area (Å²) in [5.74, 6) is -1.61. The van der Waals surface area contributed by atoms with Crippen LogP contribution in [0.2, 0.25) is 0 Å². The Morgan fingerprint density at radius 2 is 1.93 bits per heavy atom. The number of aromatic nitrogens is 3. The van der Waals surface area contributed by atoms with Crippen molar-refractivity contribution in [2.24, 2.45) is 0 Å². The van der Waals surface area contributed by atoms with Gasteiger partial charge in [0.2, 0.25) is 11.8 Å². The van der Waals surface area contributed by atoms with Crippen LogP contribution in [-0.4, -0.2) is 74.0 Å². The Morgan fingerprint density at radius 1 is 1.15 bits per heavy atom. The van der Waals surface area contributed by atoms with Gasteiger partial charge in [-0.2, -0.15) is 0 Å². The molecule has 2 aromatic carbocycles. The number of fused-ring (bicyclic) bond motifs is 1. The highest BCUT2D eigenvalue weighted by Gasteiger charge is 2.28. The fraction of sp³-hybridized carbons (Fsp3) is 0.281. The highest BCUT2D eigenvalue weighted by Crippen LogP contribution is 2.25. The summed E-state index contributed by atoms with van der Waals surface area (Å²) in [6.07, 6.45) is 3.47. The van der Waals surface area contributed by atoms with E-state index in [0.29, 0.717) is 22.6 Å². The number of para-hydroxylation sites is 1. The molecule has 2 heterocycles. The molecule has 242 valence electrons. The van der Waals surface area contributed by atoms with Gasteiger partial charge in [-0.05, 0) is 62.2 Å². The Hall–Kier alpha value is -5.53. The average molecular weight is 637 g/mol. The van der Waals surface area contributed by atoms with E-state index in [4.69, 9.17) is 4.74 Å². The van der Waals surface area contributed by atoms with E-state index in [1.165, 1.54) is 33.9 Å². The highest BCUT2D eigenvalue weighted by atomic mass is 19.1. The minimum absolute atomic E-state index is 0.00636. The van der Waals surface area contributed by atoms with E-state index in [1.54, 1.807) is 51.4 Å². The molecule has 2 aromatic heterocycles. The summed E-state index contributed by atoms with van der Waals surface area (Å²) < 4.78 is 34.4. The number of hydrogen-bond donors (Lipinski definition) is 3. The number of hydrogen-bond acceptors (Lipinski definition) is 6. The van der Waals surface area contributed by atoms with Gasteiger partial charge in [0, 0.05) is 38.5 Å². The predicted molar refractivity (Wildman–Crippen MR) is 166 cm³/mol. The third kappa shape index (κ3) is 8.14. The zero-order valence-corrected chi connectivity index (χ0v) is 25.5. The number of imidazole rings is 1. The summed E-state index contributed by atoms with van der Waals surface area (Å²) in [5, 5.41) is 12.3. The third-order valence-electron chi connectivity index (χ3n) is 7.09. The van der Waals surface area contributed by atoms with Crippen LogP contribution in [0.25, 0.3) is 11.0 Å². The van der Waals surface area contributed by atoms with Crippen molar-refractivity contribution in [3.8, 4) is 5.75 Å². The molecule has 1 unspecified atom stereocenters. The van der Waals surface area contributed by atoms with Crippen LogP contribution >= 0.6 is 0 Å². The van der Waals surface area contributed by atoms with E-state index >= 15 is 0 Å². The van der Waals surface area contributed by atoms with Gasteiger partial charge in [-0.3, -0.25) is 19.3 Å². The summed E-state index contributed by atoms with van der Waals surface area (Å²) in [6, 6.07) is 10.2. The molecule has 0 aliphatic carbocycles. The van der Waals surface area contributed by atoms with Gasteiger partial charge >= 0.3 is 6.09 Å². The number of likely N-dealkylation sites (N-methyl/N-ethyl adjacent to an activating group) is 2. The fourth-order valence-corrected chi connectivity index (χ4v) is 4.68. The number of pyridine rings is 1. The maximum absolute atomic E-state index is 14.1. The Bertz CT molecular complexity index is 1820. The summed E-state index contributed by atoms with van der Waals surface area (Å²) in [6.45, 7) is 1.47. The minimum atomic E-state index is -1.29. The first-order chi connectivity index (χ1) is 22.0. The molecule has 0 spiro atoms. The molecule has 4 aromatic rings. The summed E-state index contributed by atoms with van der Waals surface area (Å²) in [4.78, 5) is 60.3. The van der Waals surface area contributed by atoms with Crippen LogP contribution in [0.4, 0.5) is 19.3 Å². The molecule has 0 fully saturated rings. The van der Waals surface area contributed by atoms with Gasteiger partial charge in [0.25, 0.3) is 5.56 Å². The molecular weight excluding hydrogens is 602 g/mol. The lowest BCUT2D eigenvalue weighted by molar-refractivity contribution is -0.123. The van der Waals surface area contributed by atoms with Gasteiger partial charge in [0.05, 0.1) is 12.1 Å². The minimum Gasteiger partial charge on any atom is -0.486 e. The van der Waals surface area contributed by atoms with Crippen LogP contribution in [0.1, 0.15) is 31.2 Å². The first kappa shape index (κ1) is 33.4. The molecule has 4 rings (SSSR count). The molecule has 14 heteroatoms. The van der Waals surface area contributed by atoms with Gasteiger partial charge < -0.3 is 29.6 Å². The first-order valence-corrected chi connectivity index (χ1v) is 14.4. The van der Waals surface area contributed by atoms with E-state index in [-0.39, 0.29) is 49.7 Å². The maximum atomic E-state index is 14.1. The number of carboxylic acid groups (broad SMARTS) is 1. The Labute approximate surface area is 262 Å². The predicted octanol–water partition coefficient (Wildman–Crippen LogP) is 4.36. The Balaban J connectivity index is 1.50. The number of carbonyl (C=O) groups excluding carboxylic acids is 2. The molecule has 0 bridgehead atoms. The molecule has 12 nitrogen and oxygen atoms in total. The lowest BCUT2D eigenvalue weighted by Gasteiger charge is -2.27. The van der Waals surface area contributed by atoms with Gasteiger partial charge in [-0.1, -0.05) is 12.1 Å². The van der Waals surface area contributed by atoms with Gasteiger partial charge in [0.15, 0.2) is 0 Å². The lowest BCUT2D eigenvalue weighted by atomic mass is 10.1. The molecule has 46 heavy (non-hydrogen) atoms. The maximum Gasteiger partial charge on any atom is 0.407 e. The molecule has 0 aliphatic heterocycles. The van der Waals surface area contributed by atoms with Crippen molar-refractivity contribution < 1.29 is 33.0 Å². The normalized spacial score (nSPS) is 11.8. The number of amides is 3. The smallest absolute Gasteiger partial charge is 0.407 e. The number of halogens is 2. The number of allylic oxidation sites excluding steroid dienone is 1. The van der Waals surface area contributed by atoms with E-state index in [2.05, 4.69) is 15.3 Å². The summed E-state index contributed by atoms with van der Waals surface area (Å²) >= 11 is 0.